The molecule has 1 fully saturated rings. The largest absolute Gasteiger partial charge is 0.443 e. The zero-order valence-corrected chi connectivity index (χ0v) is 17.5. The standard InChI is InChI=1S/C23H23FN4O4/c1-11-15(8-26-17-2-3-18(29)20(11)17)14-6-12-7-19(27-9-16(12)22(25)21(14)24)28-23(30)32-13-4-5-31-10-13/h6-9,13,18,29H,2-5,10,25H2,1H3,(H,27,28,30)/t13-,18+/m0/s1. The van der Waals surface area contributed by atoms with E-state index in [2.05, 4.69) is 15.3 Å². The minimum atomic E-state index is -0.629. The first kappa shape index (κ1) is 20.6. The highest BCUT2D eigenvalue weighted by Gasteiger charge is 2.26. The summed E-state index contributed by atoms with van der Waals surface area (Å²) in [5, 5.41) is 14.0. The maximum atomic E-state index is 15.2. The number of hydrogen-bond acceptors (Lipinski definition) is 7. The monoisotopic (exact) mass is 438 g/mol. The maximum Gasteiger partial charge on any atom is 0.413 e. The van der Waals surface area contributed by atoms with E-state index in [4.69, 9.17) is 15.2 Å². The molecule has 2 atom stereocenters. The molecule has 0 unspecified atom stereocenters. The number of rotatable bonds is 3. The summed E-state index contributed by atoms with van der Waals surface area (Å²) in [6.07, 6.45) is 3.49. The average Bonchev–Trinajstić information content (AvgIpc) is 3.41. The van der Waals surface area contributed by atoms with Gasteiger partial charge in [0, 0.05) is 46.6 Å². The van der Waals surface area contributed by atoms with Crippen molar-refractivity contribution in [1.29, 1.82) is 0 Å². The van der Waals surface area contributed by atoms with Crippen LogP contribution in [0.1, 0.15) is 35.8 Å². The molecule has 1 aromatic carbocycles. The van der Waals surface area contributed by atoms with Crippen molar-refractivity contribution >= 4 is 28.4 Å². The van der Waals surface area contributed by atoms with Crippen molar-refractivity contribution in [3.63, 3.8) is 0 Å². The second-order valence-corrected chi connectivity index (χ2v) is 8.17. The predicted molar refractivity (Wildman–Crippen MR) is 117 cm³/mol. The van der Waals surface area contributed by atoms with Crippen LogP contribution in [0.4, 0.5) is 20.7 Å². The number of aryl methyl sites for hydroxylation is 1. The van der Waals surface area contributed by atoms with Crippen LogP contribution >= 0.6 is 0 Å². The van der Waals surface area contributed by atoms with Gasteiger partial charge in [-0.2, -0.15) is 0 Å². The Morgan fingerprint density at radius 1 is 1.28 bits per heavy atom. The van der Waals surface area contributed by atoms with E-state index >= 15 is 4.39 Å². The zero-order chi connectivity index (χ0) is 22.4. The third kappa shape index (κ3) is 3.53. The van der Waals surface area contributed by atoms with E-state index in [1.165, 1.54) is 6.20 Å². The Balaban J connectivity index is 1.51. The minimum Gasteiger partial charge on any atom is -0.443 e. The Bertz CT molecular complexity index is 1230. The summed E-state index contributed by atoms with van der Waals surface area (Å²) < 4.78 is 25.7. The summed E-state index contributed by atoms with van der Waals surface area (Å²) in [5.41, 5.74) is 9.30. The number of hydrogen-bond donors (Lipinski definition) is 3. The normalized spacial score (nSPS) is 19.8. The second kappa shape index (κ2) is 7.99. The fourth-order valence-corrected chi connectivity index (χ4v) is 4.45. The number of nitrogens with one attached hydrogen (secondary N) is 1. The molecule has 8 nitrogen and oxygen atoms in total. The summed E-state index contributed by atoms with van der Waals surface area (Å²) in [4.78, 5) is 20.8. The maximum absolute atomic E-state index is 15.2. The van der Waals surface area contributed by atoms with Gasteiger partial charge < -0.3 is 20.3 Å². The van der Waals surface area contributed by atoms with Crippen molar-refractivity contribution < 1.29 is 23.8 Å². The van der Waals surface area contributed by atoms with E-state index in [0.29, 0.717) is 48.8 Å². The van der Waals surface area contributed by atoms with Gasteiger partial charge in [-0.3, -0.25) is 10.3 Å². The highest BCUT2D eigenvalue weighted by Crippen LogP contribution is 2.40. The van der Waals surface area contributed by atoms with Crippen LogP contribution in [0.2, 0.25) is 0 Å². The first-order valence-electron chi connectivity index (χ1n) is 10.5. The van der Waals surface area contributed by atoms with Gasteiger partial charge in [-0.15, -0.1) is 0 Å². The molecule has 32 heavy (non-hydrogen) atoms. The third-order valence-electron chi connectivity index (χ3n) is 6.14. The Morgan fingerprint density at radius 2 is 2.12 bits per heavy atom. The van der Waals surface area contributed by atoms with Gasteiger partial charge in [0.2, 0.25) is 0 Å². The number of anilines is 2. The van der Waals surface area contributed by atoms with E-state index in [9.17, 15) is 9.90 Å². The molecule has 166 valence electrons. The number of pyridine rings is 2. The van der Waals surface area contributed by atoms with Gasteiger partial charge >= 0.3 is 6.09 Å². The molecule has 2 aliphatic rings. The van der Waals surface area contributed by atoms with E-state index < -0.39 is 18.0 Å². The number of nitrogens with two attached hydrogens (primary N) is 1. The lowest BCUT2D eigenvalue weighted by Gasteiger charge is -2.16. The molecule has 0 bridgehead atoms. The van der Waals surface area contributed by atoms with Crippen LogP contribution in [0.3, 0.4) is 0 Å². The van der Waals surface area contributed by atoms with Gasteiger partial charge in [-0.05, 0) is 42.8 Å². The lowest BCUT2D eigenvalue weighted by atomic mass is 9.94. The number of benzene rings is 1. The van der Waals surface area contributed by atoms with Gasteiger partial charge in [0.15, 0.2) is 5.82 Å². The SMILES string of the molecule is Cc1c(-c2cc3cc(NC(=O)O[C@H]4CCOC4)ncc3c(N)c2F)cnc2c1[C@H](O)CC2. The smallest absolute Gasteiger partial charge is 0.413 e. The fourth-order valence-electron chi connectivity index (χ4n) is 4.45. The van der Waals surface area contributed by atoms with Crippen molar-refractivity contribution in [3.05, 3.63) is 47.2 Å². The molecule has 1 amide bonds. The number of amides is 1. The molecular weight excluding hydrogens is 415 g/mol. The van der Waals surface area contributed by atoms with Crippen LogP contribution in [0.15, 0.2) is 24.5 Å². The number of nitrogen functional groups attached to an aromatic ring is 1. The number of aliphatic hydroxyl groups is 1. The van der Waals surface area contributed by atoms with Crippen molar-refractivity contribution in [3.8, 4) is 11.1 Å². The highest BCUT2D eigenvalue weighted by molar-refractivity contribution is 5.99. The van der Waals surface area contributed by atoms with E-state index in [1.807, 2.05) is 6.92 Å². The van der Waals surface area contributed by atoms with Gasteiger partial charge in [0.05, 0.1) is 25.0 Å². The lowest BCUT2D eigenvalue weighted by molar-refractivity contribution is 0.0931. The molecule has 0 radical (unpaired) electrons. The quantitative estimate of drug-likeness (QED) is 0.534. The summed E-state index contributed by atoms with van der Waals surface area (Å²) >= 11 is 0. The van der Waals surface area contributed by atoms with Crippen LogP contribution in [0.5, 0.6) is 0 Å². The molecule has 2 aromatic heterocycles. The number of nitrogens with zero attached hydrogens (tertiary/aromatic N) is 2. The number of aromatic nitrogens is 2. The van der Waals surface area contributed by atoms with Gasteiger partial charge in [0.1, 0.15) is 11.9 Å². The Kier molecular flexibility index (Phi) is 5.15. The van der Waals surface area contributed by atoms with E-state index in [-0.39, 0.29) is 23.2 Å². The molecule has 1 aliphatic carbocycles. The second-order valence-electron chi connectivity index (χ2n) is 8.17. The van der Waals surface area contributed by atoms with Crippen LogP contribution in [-0.2, 0) is 15.9 Å². The van der Waals surface area contributed by atoms with Crippen molar-refractivity contribution in [2.75, 3.05) is 24.3 Å². The molecule has 4 N–H and O–H groups in total. The molecular formula is C23H23FN4O4. The fraction of sp³-hybridized carbons (Fsp3) is 0.348. The molecule has 5 rings (SSSR count). The lowest BCUT2D eigenvalue weighted by Crippen LogP contribution is -2.22. The minimum absolute atomic E-state index is 0.0392. The summed E-state index contributed by atoms with van der Waals surface area (Å²) in [7, 11) is 0. The number of aliphatic hydroxyl groups excluding tert-OH is 1. The number of fused-ring (bicyclic) bond motifs is 2. The third-order valence-corrected chi connectivity index (χ3v) is 6.14. The summed E-state index contributed by atoms with van der Waals surface area (Å²) in [6.45, 7) is 2.79. The number of ether oxygens (including phenoxy) is 2. The van der Waals surface area contributed by atoms with Gasteiger partial charge in [-0.25, -0.2) is 14.2 Å². The number of carbonyl (C=O) groups excluding carboxylic acids is 1. The average molecular weight is 438 g/mol. The van der Waals surface area contributed by atoms with E-state index in [0.717, 1.165) is 16.8 Å². The molecule has 9 heteroatoms. The number of carbonyl (C=O) groups is 1. The first-order chi connectivity index (χ1) is 15.4. The Labute approximate surface area is 183 Å². The molecule has 0 saturated carbocycles. The highest BCUT2D eigenvalue weighted by atomic mass is 19.1. The van der Waals surface area contributed by atoms with E-state index in [1.54, 1.807) is 18.3 Å². The predicted octanol–water partition coefficient (Wildman–Crippen LogP) is 3.64. The molecule has 3 heterocycles. The van der Waals surface area contributed by atoms with Crippen molar-refractivity contribution in [2.24, 2.45) is 0 Å². The topological polar surface area (TPSA) is 120 Å². The van der Waals surface area contributed by atoms with Crippen LogP contribution in [0.25, 0.3) is 21.9 Å². The van der Waals surface area contributed by atoms with Crippen molar-refractivity contribution in [1.82, 2.24) is 9.97 Å². The first-order valence-corrected chi connectivity index (χ1v) is 10.5. The van der Waals surface area contributed by atoms with Crippen LogP contribution < -0.4 is 11.1 Å². The zero-order valence-electron chi connectivity index (χ0n) is 17.5. The summed E-state index contributed by atoms with van der Waals surface area (Å²) in [6, 6.07) is 3.27. The Morgan fingerprint density at radius 3 is 2.91 bits per heavy atom. The summed E-state index contributed by atoms with van der Waals surface area (Å²) in [5.74, 6) is -0.310. The van der Waals surface area contributed by atoms with Gasteiger partial charge in [0.25, 0.3) is 0 Å². The Hall–Kier alpha value is -3.30. The molecule has 3 aromatic rings. The van der Waals surface area contributed by atoms with Crippen LogP contribution in [0, 0.1) is 12.7 Å². The van der Waals surface area contributed by atoms with Crippen molar-refractivity contribution in [2.45, 2.75) is 38.4 Å². The van der Waals surface area contributed by atoms with Gasteiger partial charge in [-0.1, -0.05) is 0 Å². The molecule has 0 spiro atoms. The molecule has 1 aliphatic heterocycles. The molecule has 1 saturated heterocycles. The number of halogens is 1. The van der Waals surface area contributed by atoms with Crippen LogP contribution in [-0.4, -0.2) is 40.5 Å².